The molecule has 0 saturated heterocycles. The number of carbonyl (C=O) groups excluding carboxylic acids is 2. The second-order valence-electron chi connectivity index (χ2n) is 21.2. The first-order valence-electron chi connectivity index (χ1n) is 20.5. The molecule has 6 nitrogen and oxygen atoms in total. The molecule has 0 aromatic heterocycles. The van der Waals surface area contributed by atoms with Crippen molar-refractivity contribution in [2.45, 2.75) is 177 Å². The third kappa shape index (κ3) is 6.20. The van der Waals surface area contributed by atoms with Gasteiger partial charge in [-0.25, -0.2) is 0 Å². The van der Waals surface area contributed by atoms with Gasteiger partial charge < -0.3 is 15.2 Å². The van der Waals surface area contributed by atoms with E-state index in [9.17, 15) is 19.5 Å². The van der Waals surface area contributed by atoms with E-state index in [1.807, 2.05) is 13.8 Å². The van der Waals surface area contributed by atoms with Gasteiger partial charge in [0.25, 0.3) is 0 Å². The van der Waals surface area contributed by atoms with Gasteiger partial charge in [-0.3, -0.25) is 14.4 Å². The van der Waals surface area contributed by atoms with Crippen molar-refractivity contribution in [1.82, 2.24) is 5.32 Å². The molecular formula is C44H71NO5. The summed E-state index contributed by atoms with van der Waals surface area (Å²) in [4.78, 5) is 38.4. The Bertz CT molecular complexity index is 1370. The van der Waals surface area contributed by atoms with Gasteiger partial charge in [0.2, 0.25) is 5.91 Å². The van der Waals surface area contributed by atoms with Crippen molar-refractivity contribution in [3.05, 3.63) is 12.2 Å². The van der Waals surface area contributed by atoms with Gasteiger partial charge in [0.15, 0.2) is 0 Å². The molecule has 0 bridgehead atoms. The highest BCUT2D eigenvalue weighted by Gasteiger charge is 2.71. The number of fused-ring (bicyclic) bond motifs is 7. The average Bonchev–Trinajstić information content (AvgIpc) is 3.57. The van der Waals surface area contributed by atoms with Gasteiger partial charge in [-0.05, 0) is 153 Å². The van der Waals surface area contributed by atoms with Gasteiger partial charge in [0, 0.05) is 17.9 Å². The normalized spacial score (nSPS) is 45.0. The van der Waals surface area contributed by atoms with Crippen molar-refractivity contribution in [3.8, 4) is 0 Å². The maximum Gasteiger partial charge on any atom is 0.306 e. The van der Waals surface area contributed by atoms with E-state index in [0.717, 1.165) is 44.9 Å². The molecule has 0 unspecified atom stereocenters. The zero-order valence-electron chi connectivity index (χ0n) is 33.2. The molecule has 12 atom stereocenters. The lowest BCUT2D eigenvalue weighted by Crippen LogP contribution is -2.67. The van der Waals surface area contributed by atoms with Crippen LogP contribution in [-0.4, -0.2) is 35.1 Å². The number of ether oxygens (including phenoxy) is 1. The van der Waals surface area contributed by atoms with Crippen LogP contribution in [0.2, 0.25) is 0 Å². The third-order valence-corrected chi connectivity index (χ3v) is 17.3. The van der Waals surface area contributed by atoms with Crippen LogP contribution >= 0.6 is 0 Å². The summed E-state index contributed by atoms with van der Waals surface area (Å²) in [7, 11) is 0. The van der Waals surface area contributed by atoms with Crippen molar-refractivity contribution >= 4 is 17.8 Å². The zero-order valence-corrected chi connectivity index (χ0v) is 33.2. The molecule has 6 rings (SSSR count). The molecule has 6 saturated carbocycles. The minimum Gasteiger partial charge on any atom is -0.481 e. The van der Waals surface area contributed by atoms with E-state index in [-0.39, 0.29) is 52.0 Å². The molecule has 6 heteroatoms. The first-order valence-corrected chi connectivity index (χ1v) is 20.5. The van der Waals surface area contributed by atoms with Gasteiger partial charge in [-0.1, -0.05) is 67.5 Å². The Hall–Kier alpha value is -1.85. The van der Waals surface area contributed by atoms with E-state index in [0.29, 0.717) is 53.9 Å². The molecule has 0 aromatic carbocycles. The summed E-state index contributed by atoms with van der Waals surface area (Å²) >= 11 is 0. The summed E-state index contributed by atoms with van der Waals surface area (Å²) in [6.45, 7) is 25.4. The second-order valence-corrected chi connectivity index (χ2v) is 21.2. The number of allylic oxidation sites excluding steroid dienone is 1. The Balaban J connectivity index is 1.22. The monoisotopic (exact) mass is 694 g/mol. The molecule has 1 amide bonds. The van der Waals surface area contributed by atoms with Crippen molar-refractivity contribution < 1.29 is 24.2 Å². The van der Waals surface area contributed by atoms with Gasteiger partial charge >= 0.3 is 11.9 Å². The van der Waals surface area contributed by atoms with Crippen LogP contribution in [0.15, 0.2) is 12.2 Å². The van der Waals surface area contributed by atoms with Crippen molar-refractivity contribution in [3.63, 3.8) is 0 Å². The SMILES string of the molecule is C=C(C)[C@@H]1CC[C@]2(CC(=O)N[C@H]3CC[C@H](C)C3)CC[C@]3(C)[C@H](CC[C@@H]4[C@@]5(C)CC[C@H](OC(=O)CC(C)(C)CC(=O)O)C(C)(C)[C@@H]5CC[C@]43C)[C@@H]12. The van der Waals surface area contributed by atoms with E-state index < -0.39 is 11.4 Å². The summed E-state index contributed by atoms with van der Waals surface area (Å²) in [5.74, 6) is 2.62. The molecule has 282 valence electrons. The predicted molar refractivity (Wildman–Crippen MR) is 199 cm³/mol. The molecule has 0 radical (unpaired) electrons. The van der Waals surface area contributed by atoms with Crippen LogP contribution in [0.25, 0.3) is 0 Å². The summed E-state index contributed by atoms with van der Waals surface area (Å²) in [5, 5.41) is 12.8. The molecule has 0 heterocycles. The summed E-state index contributed by atoms with van der Waals surface area (Å²) in [6.07, 6.45) is 15.6. The third-order valence-electron chi connectivity index (χ3n) is 17.3. The van der Waals surface area contributed by atoms with Crippen LogP contribution < -0.4 is 5.32 Å². The summed E-state index contributed by atoms with van der Waals surface area (Å²) < 4.78 is 6.28. The van der Waals surface area contributed by atoms with Gasteiger partial charge in [-0.15, -0.1) is 0 Å². The summed E-state index contributed by atoms with van der Waals surface area (Å²) in [6, 6.07) is 0.358. The van der Waals surface area contributed by atoms with E-state index in [4.69, 9.17) is 4.74 Å². The lowest BCUT2D eigenvalue weighted by molar-refractivity contribution is -0.250. The second kappa shape index (κ2) is 12.9. The summed E-state index contributed by atoms with van der Waals surface area (Å²) in [5.41, 5.74) is 1.25. The largest absolute Gasteiger partial charge is 0.481 e. The average molecular weight is 694 g/mol. The molecule has 0 aliphatic heterocycles. The number of rotatable bonds is 9. The molecule has 2 N–H and O–H groups in total. The van der Waals surface area contributed by atoms with E-state index in [1.54, 1.807) is 0 Å². The van der Waals surface area contributed by atoms with Crippen LogP contribution in [-0.2, 0) is 19.1 Å². The van der Waals surface area contributed by atoms with Crippen LogP contribution in [0.3, 0.4) is 0 Å². The highest BCUT2D eigenvalue weighted by Crippen LogP contribution is 2.78. The number of hydrogen-bond acceptors (Lipinski definition) is 4. The van der Waals surface area contributed by atoms with Gasteiger partial charge in [-0.2, -0.15) is 0 Å². The maximum atomic E-state index is 13.8. The molecule has 0 aromatic rings. The zero-order chi connectivity index (χ0) is 36.7. The van der Waals surface area contributed by atoms with Crippen LogP contribution in [0.1, 0.15) is 165 Å². The minimum atomic E-state index is -0.878. The number of amides is 1. The highest BCUT2D eigenvalue weighted by molar-refractivity contribution is 5.77. The number of carboxylic acid groups (broad SMARTS) is 1. The Labute approximate surface area is 304 Å². The number of carbonyl (C=O) groups is 3. The lowest BCUT2D eigenvalue weighted by atomic mass is 9.32. The van der Waals surface area contributed by atoms with Gasteiger partial charge in [0.1, 0.15) is 6.10 Å². The number of hydrogen-bond donors (Lipinski definition) is 2. The Morgan fingerprint density at radius 2 is 1.56 bits per heavy atom. The van der Waals surface area contributed by atoms with Crippen molar-refractivity contribution in [2.75, 3.05) is 0 Å². The molecule has 50 heavy (non-hydrogen) atoms. The Morgan fingerprint density at radius 1 is 0.840 bits per heavy atom. The molecular weight excluding hydrogens is 622 g/mol. The van der Waals surface area contributed by atoms with Crippen LogP contribution in [0.5, 0.6) is 0 Å². The minimum absolute atomic E-state index is 0.0427. The fourth-order valence-corrected chi connectivity index (χ4v) is 14.8. The van der Waals surface area contributed by atoms with Crippen molar-refractivity contribution in [2.24, 2.45) is 68.0 Å². The van der Waals surface area contributed by atoms with E-state index >= 15 is 0 Å². The number of esters is 1. The Morgan fingerprint density at radius 3 is 2.20 bits per heavy atom. The van der Waals surface area contributed by atoms with E-state index in [1.165, 1.54) is 44.1 Å². The van der Waals surface area contributed by atoms with Gasteiger partial charge in [0.05, 0.1) is 12.8 Å². The Kier molecular flexibility index (Phi) is 9.79. The first kappa shape index (κ1) is 37.9. The lowest BCUT2D eigenvalue weighted by Gasteiger charge is -2.73. The quantitative estimate of drug-likeness (QED) is 0.185. The standard InChI is InChI=1S/C44H71NO5/c1-27(2)30-15-20-44(24-35(46)45-29-12-11-28(3)23-29)22-21-42(9)31(38(30)44)13-14-33-41(8)18-17-34(40(6,7)32(41)16-19-43(33,42)10)50-37(49)26-39(4,5)25-36(47)48/h28-34,38H,1,11-26H2,2-10H3,(H,45,46)(H,47,48)/t28-,29-,30-,31+,32-,33+,34-,38+,41-,42+,43+,44+/m0/s1. The number of carboxylic acids is 1. The molecule has 0 spiro atoms. The number of nitrogens with one attached hydrogen (secondary N) is 1. The smallest absolute Gasteiger partial charge is 0.306 e. The fraction of sp³-hybridized carbons (Fsp3) is 0.886. The maximum absolute atomic E-state index is 13.8. The molecule has 6 fully saturated rings. The van der Waals surface area contributed by atoms with Crippen LogP contribution in [0, 0.1) is 68.0 Å². The predicted octanol–water partition coefficient (Wildman–Crippen LogP) is 10.1. The van der Waals surface area contributed by atoms with Crippen molar-refractivity contribution in [1.29, 1.82) is 0 Å². The molecule has 6 aliphatic rings. The molecule has 6 aliphatic carbocycles. The number of aliphatic carboxylic acids is 1. The van der Waals surface area contributed by atoms with E-state index in [2.05, 4.69) is 60.4 Å². The first-order chi connectivity index (χ1) is 23.2. The fourth-order valence-electron chi connectivity index (χ4n) is 14.8. The van der Waals surface area contributed by atoms with Crippen LogP contribution in [0.4, 0.5) is 0 Å². The highest BCUT2D eigenvalue weighted by atomic mass is 16.5. The topological polar surface area (TPSA) is 92.7 Å².